The number of ether oxygens (including phenoxy) is 1. The standard InChI is InChI=1S/C9H16O4S2/c1-3-15-5-7(8(10)11)13-9(12)6(2)4-14/h6-7,14H,3-5H2,1-2H3,(H,10,11)/t6-,7+/m1/s1. The Kier molecular flexibility index (Phi) is 7.68. The molecular formula is C9H16O4S2. The van der Waals surface area contributed by atoms with Crippen LogP contribution in [0.5, 0.6) is 0 Å². The molecule has 15 heavy (non-hydrogen) atoms. The van der Waals surface area contributed by atoms with Crippen LogP contribution in [0, 0.1) is 5.92 Å². The van der Waals surface area contributed by atoms with Gasteiger partial charge >= 0.3 is 11.9 Å². The summed E-state index contributed by atoms with van der Waals surface area (Å²) in [5.41, 5.74) is 0. The van der Waals surface area contributed by atoms with Crippen molar-refractivity contribution in [2.24, 2.45) is 5.92 Å². The summed E-state index contributed by atoms with van der Waals surface area (Å²) in [5, 5.41) is 8.79. The predicted octanol–water partition coefficient (Wildman–Crippen LogP) is 1.30. The van der Waals surface area contributed by atoms with Gasteiger partial charge in [0, 0.05) is 11.5 Å². The third-order valence-corrected chi connectivity index (χ3v) is 3.18. The molecule has 0 saturated heterocycles. The summed E-state index contributed by atoms with van der Waals surface area (Å²) in [7, 11) is 0. The first-order chi connectivity index (χ1) is 7.02. The van der Waals surface area contributed by atoms with Crippen molar-refractivity contribution in [2.75, 3.05) is 17.3 Å². The van der Waals surface area contributed by atoms with E-state index in [4.69, 9.17) is 9.84 Å². The van der Waals surface area contributed by atoms with E-state index in [1.54, 1.807) is 6.92 Å². The molecule has 0 unspecified atom stereocenters. The fourth-order valence-electron chi connectivity index (χ4n) is 0.712. The molecule has 0 spiro atoms. The van der Waals surface area contributed by atoms with Gasteiger partial charge in [-0.1, -0.05) is 13.8 Å². The van der Waals surface area contributed by atoms with Crippen molar-refractivity contribution in [3.63, 3.8) is 0 Å². The number of esters is 1. The molecule has 0 aliphatic rings. The SMILES string of the molecule is CCSC[C@H](OC(=O)[C@H](C)CS)C(=O)O. The molecule has 4 nitrogen and oxygen atoms in total. The van der Waals surface area contributed by atoms with E-state index in [-0.39, 0.29) is 11.7 Å². The van der Waals surface area contributed by atoms with E-state index in [1.807, 2.05) is 6.92 Å². The molecule has 0 aromatic carbocycles. The molecule has 0 amide bonds. The number of hydrogen-bond acceptors (Lipinski definition) is 5. The predicted molar refractivity (Wildman–Crippen MR) is 63.5 cm³/mol. The summed E-state index contributed by atoms with van der Waals surface area (Å²) in [6.45, 7) is 3.57. The van der Waals surface area contributed by atoms with E-state index >= 15 is 0 Å². The van der Waals surface area contributed by atoms with Gasteiger partial charge in [0.1, 0.15) is 0 Å². The van der Waals surface area contributed by atoms with Gasteiger partial charge in [0.2, 0.25) is 6.10 Å². The van der Waals surface area contributed by atoms with E-state index in [0.29, 0.717) is 5.75 Å². The quantitative estimate of drug-likeness (QED) is 0.528. The number of thioether (sulfide) groups is 1. The molecule has 0 heterocycles. The van der Waals surface area contributed by atoms with Gasteiger partial charge in [-0.05, 0) is 5.75 Å². The van der Waals surface area contributed by atoms with Crippen molar-refractivity contribution in [3.05, 3.63) is 0 Å². The van der Waals surface area contributed by atoms with Gasteiger partial charge in [0.05, 0.1) is 5.92 Å². The zero-order valence-electron chi connectivity index (χ0n) is 8.80. The molecule has 0 aromatic rings. The Morgan fingerprint density at radius 2 is 2.13 bits per heavy atom. The number of carboxylic acids is 1. The van der Waals surface area contributed by atoms with Crippen molar-refractivity contribution in [1.82, 2.24) is 0 Å². The largest absolute Gasteiger partial charge is 0.478 e. The van der Waals surface area contributed by atoms with Crippen molar-refractivity contribution in [3.8, 4) is 0 Å². The summed E-state index contributed by atoms with van der Waals surface area (Å²) in [4.78, 5) is 22.1. The minimum absolute atomic E-state index is 0.289. The van der Waals surface area contributed by atoms with Gasteiger partial charge in [0.15, 0.2) is 0 Å². The lowest BCUT2D eigenvalue weighted by atomic mass is 10.2. The Bertz CT molecular complexity index is 220. The van der Waals surface area contributed by atoms with Crippen LogP contribution in [-0.4, -0.2) is 40.4 Å². The minimum atomic E-state index is -1.10. The fraction of sp³-hybridized carbons (Fsp3) is 0.778. The highest BCUT2D eigenvalue weighted by molar-refractivity contribution is 7.99. The second-order valence-electron chi connectivity index (χ2n) is 3.01. The zero-order valence-corrected chi connectivity index (χ0v) is 10.5. The number of thiol groups is 1. The Morgan fingerprint density at radius 3 is 2.53 bits per heavy atom. The smallest absolute Gasteiger partial charge is 0.345 e. The molecule has 0 saturated carbocycles. The molecule has 6 heteroatoms. The summed E-state index contributed by atoms with van der Waals surface area (Å²) in [6, 6.07) is 0. The third kappa shape index (κ3) is 5.94. The van der Waals surface area contributed by atoms with Crippen LogP contribution in [0.25, 0.3) is 0 Å². The van der Waals surface area contributed by atoms with Crippen LogP contribution in [0.15, 0.2) is 0 Å². The molecule has 2 atom stereocenters. The minimum Gasteiger partial charge on any atom is -0.478 e. The number of rotatable bonds is 7. The molecule has 0 bridgehead atoms. The van der Waals surface area contributed by atoms with Crippen molar-refractivity contribution < 1.29 is 19.4 Å². The molecular weight excluding hydrogens is 236 g/mol. The first kappa shape index (κ1) is 14.6. The van der Waals surface area contributed by atoms with E-state index in [1.165, 1.54) is 11.8 Å². The number of carbonyl (C=O) groups is 2. The third-order valence-electron chi connectivity index (χ3n) is 1.68. The Labute approximate surface area is 99.2 Å². The Hall–Kier alpha value is -0.360. The van der Waals surface area contributed by atoms with Crippen LogP contribution in [-0.2, 0) is 14.3 Å². The van der Waals surface area contributed by atoms with Crippen LogP contribution in [0.2, 0.25) is 0 Å². The molecule has 0 aliphatic heterocycles. The van der Waals surface area contributed by atoms with Gasteiger partial charge in [-0.2, -0.15) is 24.4 Å². The van der Waals surface area contributed by atoms with E-state index in [2.05, 4.69) is 12.6 Å². The summed E-state index contributed by atoms with van der Waals surface area (Å²) < 4.78 is 4.86. The van der Waals surface area contributed by atoms with Crippen molar-refractivity contribution in [1.29, 1.82) is 0 Å². The van der Waals surface area contributed by atoms with Crippen molar-refractivity contribution in [2.45, 2.75) is 20.0 Å². The molecule has 1 N–H and O–H groups in total. The van der Waals surface area contributed by atoms with Crippen molar-refractivity contribution >= 4 is 36.3 Å². The maximum Gasteiger partial charge on any atom is 0.345 e. The lowest BCUT2D eigenvalue weighted by Crippen LogP contribution is -2.32. The summed E-state index contributed by atoms with van der Waals surface area (Å²) >= 11 is 5.37. The monoisotopic (exact) mass is 252 g/mol. The second kappa shape index (κ2) is 7.87. The van der Waals surface area contributed by atoms with Crippen LogP contribution in [0.1, 0.15) is 13.8 Å². The Morgan fingerprint density at radius 1 is 1.53 bits per heavy atom. The fourth-order valence-corrected chi connectivity index (χ4v) is 1.52. The number of carbonyl (C=O) groups excluding carboxylic acids is 1. The first-order valence-corrected chi connectivity index (χ1v) is 6.43. The van der Waals surface area contributed by atoms with Crippen LogP contribution in [0.4, 0.5) is 0 Å². The molecule has 0 aromatic heterocycles. The van der Waals surface area contributed by atoms with Gasteiger partial charge in [-0.3, -0.25) is 4.79 Å². The molecule has 0 aliphatic carbocycles. The van der Waals surface area contributed by atoms with Crippen LogP contribution in [0.3, 0.4) is 0 Å². The lowest BCUT2D eigenvalue weighted by Gasteiger charge is -2.15. The molecule has 0 fully saturated rings. The molecule has 0 rings (SSSR count). The highest BCUT2D eigenvalue weighted by Gasteiger charge is 2.24. The molecule has 0 radical (unpaired) electrons. The van der Waals surface area contributed by atoms with Crippen LogP contribution < -0.4 is 0 Å². The summed E-state index contributed by atoms with van der Waals surface area (Å²) in [5.74, 6) is -0.543. The highest BCUT2D eigenvalue weighted by atomic mass is 32.2. The number of aliphatic carboxylic acids is 1. The van der Waals surface area contributed by atoms with E-state index in [0.717, 1.165) is 5.75 Å². The van der Waals surface area contributed by atoms with E-state index in [9.17, 15) is 9.59 Å². The second-order valence-corrected chi connectivity index (χ2v) is 4.69. The maximum atomic E-state index is 11.3. The van der Waals surface area contributed by atoms with Gasteiger partial charge in [0.25, 0.3) is 0 Å². The van der Waals surface area contributed by atoms with Crippen LogP contribution >= 0.6 is 24.4 Å². The van der Waals surface area contributed by atoms with Gasteiger partial charge < -0.3 is 9.84 Å². The Balaban J connectivity index is 4.16. The highest BCUT2D eigenvalue weighted by Crippen LogP contribution is 2.09. The lowest BCUT2D eigenvalue weighted by molar-refractivity contribution is -0.164. The average Bonchev–Trinajstić information content (AvgIpc) is 2.22. The van der Waals surface area contributed by atoms with E-state index < -0.39 is 18.0 Å². The topological polar surface area (TPSA) is 63.6 Å². The maximum absolute atomic E-state index is 11.3. The zero-order chi connectivity index (χ0) is 11.8. The normalized spacial score (nSPS) is 14.3. The molecule has 88 valence electrons. The first-order valence-electron chi connectivity index (χ1n) is 4.64. The van der Waals surface area contributed by atoms with Gasteiger partial charge in [-0.15, -0.1) is 0 Å². The average molecular weight is 252 g/mol. The number of carboxylic acid groups (broad SMARTS) is 1. The summed E-state index contributed by atoms with van der Waals surface area (Å²) in [6.07, 6.45) is -1.05. The number of hydrogen-bond donors (Lipinski definition) is 2. The van der Waals surface area contributed by atoms with Gasteiger partial charge in [-0.25, -0.2) is 4.79 Å².